The molecule has 19 heavy (non-hydrogen) atoms. The maximum absolute atomic E-state index is 13.0. The topological polar surface area (TPSA) is 69.9 Å². The van der Waals surface area contributed by atoms with Crippen molar-refractivity contribution in [2.75, 3.05) is 0 Å². The number of hydrogen-bond acceptors (Lipinski definition) is 4. The quantitative estimate of drug-likeness (QED) is 0.781. The summed E-state index contributed by atoms with van der Waals surface area (Å²) in [6, 6.07) is 9.55. The molecule has 1 aromatic carbocycles. The fourth-order valence-corrected chi connectivity index (χ4v) is 1.87. The van der Waals surface area contributed by atoms with E-state index in [1.165, 1.54) is 12.1 Å². The molecule has 0 aliphatic rings. The monoisotopic (exact) mass is 258 g/mol. The third kappa shape index (κ3) is 2.02. The highest BCUT2D eigenvalue weighted by atomic mass is 19.1. The molecule has 96 valence electrons. The first kappa shape index (κ1) is 11.6. The van der Waals surface area contributed by atoms with Crippen LogP contribution < -0.4 is 5.73 Å². The van der Waals surface area contributed by atoms with Gasteiger partial charge < -0.3 is 10.2 Å². The van der Waals surface area contributed by atoms with Gasteiger partial charge >= 0.3 is 0 Å². The van der Waals surface area contributed by atoms with Crippen LogP contribution in [-0.2, 0) is 6.54 Å². The highest BCUT2D eigenvalue weighted by Gasteiger charge is 2.17. The Hall–Kier alpha value is -2.47. The molecule has 0 bridgehead atoms. The van der Waals surface area contributed by atoms with Crippen molar-refractivity contribution < 1.29 is 8.81 Å². The van der Waals surface area contributed by atoms with E-state index in [9.17, 15) is 4.39 Å². The van der Waals surface area contributed by atoms with Gasteiger partial charge in [0.1, 0.15) is 17.2 Å². The van der Waals surface area contributed by atoms with Gasteiger partial charge in [-0.3, -0.25) is 0 Å². The number of furan rings is 1. The van der Waals surface area contributed by atoms with Gasteiger partial charge in [-0.05, 0) is 36.4 Å². The Bertz CT molecular complexity index is 673. The van der Waals surface area contributed by atoms with Crippen LogP contribution >= 0.6 is 0 Å². The summed E-state index contributed by atoms with van der Waals surface area (Å²) in [4.78, 5) is 0. The molecule has 0 aliphatic carbocycles. The lowest BCUT2D eigenvalue weighted by atomic mass is 10.2. The van der Waals surface area contributed by atoms with Crippen LogP contribution in [0.3, 0.4) is 0 Å². The van der Waals surface area contributed by atoms with Gasteiger partial charge in [0.25, 0.3) is 0 Å². The molecule has 3 rings (SSSR count). The van der Waals surface area contributed by atoms with Crippen molar-refractivity contribution in [2.24, 2.45) is 5.73 Å². The maximum atomic E-state index is 13.0. The van der Waals surface area contributed by atoms with Crippen molar-refractivity contribution in [1.29, 1.82) is 0 Å². The van der Waals surface area contributed by atoms with E-state index in [-0.39, 0.29) is 12.4 Å². The van der Waals surface area contributed by atoms with E-state index in [1.54, 1.807) is 35.2 Å². The molecule has 0 fully saturated rings. The Labute approximate surface area is 108 Å². The molecule has 0 amide bonds. The van der Waals surface area contributed by atoms with Crippen molar-refractivity contribution in [3.63, 3.8) is 0 Å². The van der Waals surface area contributed by atoms with E-state index >= 15 is 0 Å². The van der Waals surface area contributed by atoms with E-state index < -0.39 is 0 Å². The first-order valence-corrected chi connectivity index (χ1v) is 5.74. The molecule has 6 heteroatoms. The zero-order valence-corrected chi connectivity index (χ0v) is 9.95. The van der Waals surface area contributed by atoms with Crippen molar-refractivity contribution in [3.05, 3.63) is 54.2 Å². The molecule has 0 saturated carbocycles. The summed E-state index contributed by atoms with van der Waals surface area (Å²) < 4.78 is 19.9. The highest BCUT2D eigenvalue weighted by Crippen LogP contribution is 2.25. The van der Waals surface area contributed by atoms with Crippen molar-refractivity contribution in [3.8, 4) is 17.1 Å². The predicted octanol–water partition coefficient (Wildman–Crippen LogP) is 2.13. The molecular formula is C13H11FN4O. The molecule has 3 aromatic rings. The minimum Gasteiger partial charge on any atom is -0.463 e. The van der Waals surface area contributed by atoms with Crippen molar-refractivity contribution >= 4 is 0 Å². The second-order valence-electron chi connectivity index (χ2n) is 3.95. The Morgan fingerprint density at radius 2 is 2.00 bits per heavy atom. The molecule has 0 spiro atoms. The second kappa shape index (κ2) is 4.66. The fourth-order valence-electron chi connectivity index (χ4n) is 1.87. The number of halogens is 1. The zero-order valence-electron chi connectivity index (χ0n) is 9.95. The fraction of sp³-hybridized carbons (Fsp3) is 0.0769. The van der Waals surface area contributed by atoms with E-state index in [0.29, 0.717) is 22.8 Å². The minimum absolute atomic E-state index is 0.247. The summed E-state index contributed by atoms with van der Waals surface area (Å²) in [5, 5.41) is 8.07. The number of aromatic nitrogens is 3. The minimum atomic E-state index is -0.303. The molecule has 0 atom stereocenters. The summed E-state index contributed by atoms with van der Waals surface area (Å²) in [7, 11) is 0. The molecule has 2 aromatic heterocycles. The van der Waals surface area contributed by atoms with Crippen LogP contribution in [0.4, 0.5) is 4.39 Å². The molecule has 2 heterocycles. The van der Waals surface area contributed by atoms with E-state index in [4.69, 9.17) is 10.2 Å². The van der Waals surface area contributed by atoms with Crippen LogP contribution in [0.5, 0.6) is 0 Å². The normalized spacial score (nSPS) is 10.8. The number of rotatable bonds is 3. The lowest BCUT2D eigenvalue weighted by molar-refractivity contribution is 0.576. The summed E-state index contributed by atoms with van der Waals surface area (Å²) >= 11 is 0. The van der Waals surface area contributed by atoms with Gasteiger partial charge in [-0.25, -0.2) is 9.07 Å². The standard InChI is InChI=1S/C13H11FN4O/c14-9-3-5-10(6-4-9)18-13(11(8-15)16-17-18)12-2-1-7-19-12/h1-7H,8,15H2. The summed E-state index contributed by atoms with van der Waals surface area (Å²) in [6.45, 7) is 0.247. The predicted molar refractivity (Wildman–Crippen MR) is 66.9 cm³/mol. The smallest absolute Gasteiger partial charge is 0.154 e. The van der Waals surface area contributed by atoms with Crippen molar-refractivity contribution in [1.82, 2.24) is 15.0 Å². The van der Waals surface area contributed by atoms with Gasteiger partial charge in [0.15, 0.2) is 5.76 Å². The number of benzene rings is 1. The van der Waals surface area contributed by atoms with E-state index in [0.717, 1.165) is 0 Å². The number of nitrogens with zero attached hydrogens (tertiary/aromatic N) is 3. The largest absolute Gasteiger partial charge is 0.463 e. The van der Waals surface area contributed by atoms with Crippen LogP contribution in [0.1, 0.15) is 5.69 Å². The van der Waals surface area contributed by atoms with E-state index in [1.807, 2.05) is 0 Å². The zero-order chi connectivity index (χ0) is 13.2. The third-order valence-electron chi connectivity index (χ3n) is 2.76. The van der Waals surface area contributed by atoms with E-state index in [2.05, 4.69) is 10.3 Å². The average molecular weight is 258 g/mol. The van der Waals surface area contributed by atoms with Crippen LogP contribution in [0.25, 0.3) is 17.1 Å². The highest BCUT2D eigenvalue weighted by molar-refractivity contribution is 5.58. The number of hydrogen-bond donors (Lipinski definition) is 1. The van der Waals surface area contributed by atoms with Gasteiger partial charge in [0.2, 0.25) is 0 Å². The Morgan fingerprint density at radius 3 is 2.63 bits per heavy atom. The summed E-state index contributed by atoms with van der Waals surface area (Å²) in [5.41, 5.74) is 7.65. The Kier molecular flexibility index (Phi) is 2.85. The molecule has 0 aliphatic heterocycles. The van der Waals surface area contributed by atoms with Gasteiger partial charge in [-0.1, -0.05) is 5.21 Å². The summed E-state index contributed by atoms with van der Waals surface area (Å²) in [6.07, 6.45) is 1.57. The molecule has 5 nitrogen and oxygen atoms in total. The third-order valence-corrected chi connectivity index (χ3v) is 2.76. The maximum Gasteiger partial charge on any atom is 0.154 e. The van der Waals surface area contributed by atoms with Crippen LogP contribution in [-0.4, -0.2) is 15.0 Å². The molecule has 0 saturated heterocycles. The lowest BCUT2D eigenvalue weighted by Gasteiger charge is -2.05. The van der Waals surface area contributed by atoms with Crippen LogP contribution in [0.2, 0.25) is 0 Å². The second-order valence-corrected chi connectivity index (χ2v) is 3.95. The molecule has 0 unspecified atom stereocenters. The molecule has 2 N–H and O–H groups in total. The molecular weight excluding hydrogens is 247 g/mol. The Balaban J connectivity index is 2.17. The lowest BCUT2D eigenvalue weighted by Crippen LogP contribution is -2.02. The van der Waals surface area contributed by atoms with Gasteiger partial charge in [0.05, 0.1) is 12.0 Å². The summed E-state index contributed by atoms with van der Waals surface area (Å²) in [5.74, 6) is 0.317. The first-order chi connectivity index (χ1) is 9.29. The van der Waals surface area contributed by atoms with Crippen LogP contribution in [0.15, 0.2) is 47.1 Å². The van der Waals surface area contributed by atoms with Gasteiger partial charge in [0, 0.05) is 6.54 Å². The van der Waals surface area contributed by atoms with Crippen LogP contribution in [0, 0.1) is 5.82 Å². The van der Waals surface area contributed by atoms with Gasteiger partial charge in [-0.2, -0.15) is 0 Å². The van der Waals surface area contributed by atoms with Crippen molar-refractivity contribution in [2.45, 2.75) is 6.54 Å². The van der Waals surface area contributed by atoms with Gasteiger partial charge in [-0.15, -0.1) is 5.10 Å². The Morgan fingerprint density at radius 1 is 1.21 bits per heavy atom. The number of nitrogens with two attached hydrogens (primary N) is 1. The SMILES string of the molecule is NCc1nnn(-c2ccc(F)cc2)c1-c1ccco1. The molecule has 0 radical (unpaired) electrons. The first-order valence-electron chi connectivity index (χ1n) is 5.74. The average Bonchev–Trinajstić information content (AvgIpc) is 3.07.